The number of fused-ring (bicyclic) bond motifs is 1. The molecule has 1 aromatic heterocycles. The number of aryl methyl sites for hydroxylation is 1. The molecule has 6 nitrogen and oxygen atoms in total. The van der Waals surface area contributed by atoms with Crippen molar-refractivity contribution in [3.63, 3.8) is 0 Å². The number of benzene rings is 3. The van der Waals surface area contributed by atoms with Crippen molar-refractivity contribution in [2.24, 2.45) is 0 Å². The Kier molecular flexibility index (Phi) is 6.39. The molecule has 0 aliphatic rings. The Hall–Kier alpha value is -4.14. The van der Waals surface area contributed by atoms with Crippen LogP contribution in [0.15, 0.2) is 66.7 Å². The van der Waals surface area contributed by atoms with E-state index in [9.17, 15) is 22.8 Å². The van der Waals surface area contributed by atoms with Crippen LogP contribution in [0.4, 0.5) is 18.9 Å². The van der Waals surface area contributed by atoms with Crippen LogP contribution in [-0.4, -0.2) is 27.9 Å². The van der Waals surface area contributed by atoms with Gasteiger partial charge in [-0.05, 0) is 36.4 Å². The van der Waals surface area contributed by atoms with Crippen molar-refractivity contribution in [2.75, 3.05) is 11.9 Å². The summed E-state index contributed by atoms with van der Waals surface area (Å²) in [5, 5.41) is 4.54. The number of amides is 2. The van der Waals surface area contributed by atoms with E-state index in [2.05, 4.69) is 15.6 Å². The fourth-order valence-corrected chi connectivity index (χ4v) is 3.42. The van der Waals surface area contributed by atoms with Crippen molar-refractivity contribution in [3.05, 3.63) is 90.0 Å². The summed E-state index contributed by atoms with van der Waals surface area (Å²) >= 11 is 0. The predicted octanol–water partition coefficient (Wildman–Crippen LogP) is 4.13. The van der Waals surface area contributed by atoms with Crippen LogP contribution in [0.2, 0.25) is 0 Å². The molecule has 0 aliphatic carbocycles. The third kappa shape index (κ3) is 4.87. The summed E-state index contributed by atoms with van der Waals surface area (Å²) in [6, 6.07) is 18.9. The maximum Gasteiger partial charge on any atom is 0.243 e. The number of hydrogen-bond donors (Lipinski definition) is 2. The van der Waals surface area contributed by atoms with Crippen molar-refractivity contribution in [2.45, 2.75) is 12.8 Å². The van der Waals surface area contributed by atoms with Crippen LogP contribution in [-0.2, 0) is 16.0 Å². The summed E-state index contributed by atoms with van der Waals surface area (Å²) < 4.78 is 41.9. The van der Waals surface area contributed by atoms with Gasteiger partial charge in [-0.3, -0.25) is 14.2 Å². The molecule has 0 spiro atoms. The minimum Gasteiger partial charge on any atom is -0.347 e. The molecular formula is C24H19F3N4O2. The number of para-hydroxylation sites is 3. The molecule has 1 heterocycles. The van der Waals surface area contributed by atoms with Gasteiger partial charge in [0.25, 0.3) is 0 Å². The van der Waals surface area contributed by atoms with E-state index in [0.717, 1.165) is 22.8 Å². The minimum atomic E-state index is -1.68. The van der Waals surface area contributed by atoms with Gasteiger partial charge in [0, 0.05) is 18.5 Å². The van der Waals surface area contributed by atoms with Crippen LogP contribution in [0, 0.1) is 17.5 Å². The van der Waals surface area contributed by atoms with E-state index >= 15 is 0 Å². The average molecular weight is 452 g/mol. The first-order chi connectivity index (χ1) is 15.9. The summed E-state index contributed by atoms with van der Waals surface area (Å²) in [6.07, 6.45) is 0.373. The van der Waals surface area contributed by atoms with E-state index in [0.29, 0.717) is 18.3 Å². The second-order valence-electron chi connectivity index (χ2n) is 7.24. The van der Waals surface area contributed by atoms with E-state index in [-0.39, 0.29) is 6.42 Å². The number of aromatic nitrogens is 2. The van der Waals surface area contributed by atoms with Crippen molar-refractivity contribution in [1.29, 1.82) is 0 Å². The van der Waals surface area contributed by atoms with Crippen molar-refractivity contribution in [3.8, 4) is 5.69 Å². The zero-order chi connectivity index (χ0) is 23.4. The summed E-state index contributed by atoms with van der Waals surface area (Å²) in [4.78, 5) is 28.9. The van der Waals surface area contributed by atoms with Gasteiger partial charge < -0.3 is 10.6 Å². The van der Waals surface area contributed by atoms with Crippen molar-refractivity contribution in [1.82, 2.24) is 14.9 Å². The Morgan fingerprint density at radius 2 is 1.58 bits per heavy atom. The molecule has 33 heavy (non-hydrogen) atoms. The molecule has 0 saturated heterocycles. The third-order valence-electron chi connectivity index (χ3n) is 4.98. The zero-order valence-electron chi connectivity index (χ0n) is 17.3. The summed E-state index contributed by atoms with van der Waals surface area (Å²) in [5.74, 6) is -5.05. The van der Waals surface area contributed by atoms with Crippen molar-refractivity contribution < 1.29 is 22.8 Å². The van der Waals surface area contributed by atoms with E-state index in [1.54, 1.807) is 0 Å². The molecule has 0 saturated carbocycles. The fraction of sp³-hybridized carbons (Fsp3) is 0.125. The molecule has 0 fully saturated rings. The van der Waals surface area contributed by atoms with Crippen LogP contribution < -0.4 is 10.6 Å². The lowest BCUT2D eigenvalue weighted by Gasteiger charge is -2.10. The molecule has 0 bridgehead atoms. The number of carbonyl (C=O) groups excluding carboxylic acids is 2. The normalized spacial score (nSPS) is 10.9. The number of anilines is 1. The van der Waals surface area contributed by atoms with Gasteiger partial charge in [0.05, 0.1) is 23.3 Å². The molecule has 2 N–H and O–H groups in total. The molecule has 3 aromatic carbocycles. The van der Waals surface area contributed by atoms with Crippen LogP contribution in [0.25, 0.3) is 16.7 Å². The third-order valence-corrected chi connectivity index (χ3v) is 4.98. The predicted molar refractivity (Wildman–Crippen MR) is 117 cm³/mol. The lowest BCUT2D eigenvalue weighted by molar-refractivity contribution is -0.124. The molecule has 0 atom stereocenters. The first kappa shape index (κ1) is 22.1. The maximum absolute atomic E-state index is 13.7. The van der Waals surface area contributed by atoms with E-state index in [1.165, 1.54) is 0 Å². The second kappa shape index (κ2) is 9.56. The molecule has 0 unspecified atom stereocenters. The van der Waals surface area contributed by atoms with Gasteiger partial charge >= 0.3 is 0 Å². The van der Waals surface area contributed by atoms with Gasteiger partial charge in [-0.25, -0.2) is 18.2 Å². The number of rotatable bonds is 7. The summed E-state index contributed by atoms with van der Waals surface area (Å²) in [5.41, 5.74) is 2.11. The lowest BCUT2D eigenvalue weighted by atomic mass is 10.2. The molecule has 0 aliphatic heterocycles. The molecule has 2 amide bonds. The molecule has 168 valence electrons. The first-order valence-corrected chi connectivity index (χ1v) is 10.2. The van der Waals surface area contributed by atoms with Gasteiger partial charge in [-0.2, -0.15) is 0 Å². The van der Waals surface area contributed by atoms with Gasteiger partial charge in [-0.1, -0.05) is 30.3 Å². The smallest absolute Gasteiger partial charge is 0.243 e. The number of carbonyl (C=O) groups is 2. The number of hydrogen-bond acceptors (Lipinski definition) is 3. The Morgan fingerprint density at radius 3 is 2.36 bits per heavy atom. The van der Waals surface area contributed by atoms with E-state index < -0.39 is 41.5 Å². The first-order valence-electron chi connectivity index (χ1n) is 10.2. The largest absolute Gasteiger partial charge is 0.347 e. The highest BCUT2D eigenvalue weighted by atomic mass is 19.2. The Bertz CT molecular complexity index is 1320. The van der Waals surface area contributed by atoms with Crippen LogP contribution in [0.5, 0.6) is 0 Å². The van der Waals surface area contributed by atoms with Crippen LogP contribution >= 0.6 is 0 Å². The van der Waals surface area contributed by atoms with Gasteiger partial charge in [-0.15, -0.1) is 0 Å². The second-order valence-corrected chi connectivity index (χ2v) is 7.24. The van der Waals surface area contributed by atoms with Crippen LogP contribution in [0.3, 0.4) is 0 Å². The van der Waals surface area contributed by atoms with Crippen LogP contribution in [0.1, 0.15) is 12.2 Å². The highest BCUT2D eigenvalue weighted by Crippen LogP contribution is 2.22. The number of halogens is 3. The highest BCUT2D eigenvalue weighted by molar-refractivity contribution is 5.94. The SMILES string of the molecule is O=C(CCc1nc2ccccc2n1-c1ccccc1)NCC(=O)Nc1ccc(F)c(F)c1F. The number of imidazole rings is 1. The standard InChI is InChI=1S/C24H19F3N4O2/c25-16-10-11-18(24(27)23(16)26)30-22(33)14-28-21(32)13-12-20-29-17-8-4-5-9-19(17)31(20)15-6-2-1-3-7-15/h1-11H,12-14H2,(H,28,32)(H,30,33). The van der Waals surface area contributed by atoms with E-state index in [4.69, 9.17) is 0 Å². The number of nitrogens with one attached hydrogen (secondary N) is 2. The summed E-state index contributed by atoms with van der Waals surface area (Å²) in [7, 11) is 0. The molecular weight excluding hydrogens is 433 g/mol. The maximum atomic E-state index is 13.7. The summed E-state index contributed by atoms with van der Waals surface area (Å²) in [6.45, 7) is -0.452. The molecule has 4 aromatic rings. The molecule has 4 rings (SSSR count). The topological polar surface area (TPSA) is 76.0 Å². The lowest BCUT2D eigenvalue weighted by Crippen LogP contribution is -2.33. The van der Waals surface area contributed by atoms with Gasteiger partial charge in [0.1, 0.15) is 5.82 Å². The quantitative estimate of drug-likeness (QED) is 0.414. The fourth-order valence-electron chi connectivity index (χ4n) is 3.42. The highest BCUT2D eigenvalue weighted by Gasteiger charge is 2.17. The Morgan fingerprint density at radius 1 is 0.848 bits per heavy atom. The average Bonchev–Trinajstić information content (AvgIpc) is 3.21. The van der Waals surface area contributed by atoms with Gasteiger partial charge in [0.15, 0.2) is 17.5 Å². The molecule has 9 heteroatoms. The van der Waals surface area contributed by atoms with Crippen molar-refractivity contribution >= 4 is 28.5 Å². The zero-order valence-corrected chi connectivity index (χ0v) is 17.3. The van der Waals surface area contributed by atoms with E-state index in [1.807, 2.05) is 59.2 Å². The molecule has 0 radical (unpaired) electrons. The Labute approximate surface area is 187 Å². The Balaban J connectivity index is 1.39. The minimum absolute atomic E-state index is 0.0585. The van der Waals surface area contributed by atoms with Gasteiger partial charge in [0.2, 0.25) is 11.8 Å². The monoisotopic (exact) mass is 452 g/mol. The number of nitrogens with zero attached hydrogens (tertiary/aromatic N) is 2.